The number of aliphatic imine (C=N–C) groups is 1. The molecular formula is C20H24N4O6S2. The molecule has 1 unspecified atom stereocenters. The predicted octanol–water partition coefficient (Wildman–Crippen LogP) is 1.38. The van der Waals surface area contributed by atoms with Crippen LogP contribution in [0.25, 0.3) is 0 Å². The van der Waals surface area contributed by atoms with E-state index in [0.29, 0.717) is 10.6 Å². The Morgan fingerprint density at radius 2 is 1.97 bits per heavy atom. The fourth-order valence-corrected chi connectivity index (χ4v) is 5.39. The number of ether oxygens (including phenoxy) is 1. The van der Waals surface area contributed by atoms with Crippen LogP contribution in [0.2, 0.25) is 0 Å². The van der Waals surface area contributed by atoms with Crippen molar-refractivity contribution in [1.29, 1.82) is 0 Å². The maximum atomic E-state index is 12.6. The Morgan fingerprint density at radius 3 is 2.66 bits per heavy atom. The van der Waals surface area contributed by atoms with Gasteiger partial charge in [0.15, 0.2) is 11.2 Å². The summed E-state index contributed by atoms with van der Waals surface area (Å²) in [5.41, 5.74) is 1.37. The van der Waals surface area contributed by atoms with Gasteiger partial charge in [0.25, 0.3) is 11.8 Å². The molecule has 2 aliphatic rings. The second kappa shape index (κ2) is 10.7. The maximum absolute atomic E-state index is 12.6. The highest BCUT2D eigenvalue weighted by molar-refractivity contribution is 8.14. The highest BCUT2D eigenvalue weighted by atomic mass is 32.2. The van der Waals surface area contributed by atoms with Crippen LogP contribution in [-0.2, 0) is 36.8 Å². The summed E-state index contributed by atoms with van der Waals surface area (Å²) in [5.74, 6) is -3.05. The number of esters is 1. The molecule has 3 rings (SSSR count). The predicted molar refractivity (Wildman–Crippen MR) is 121 cm³/mol. The number of carbonyl (C=O) groups is 5. The minimum Gasteiger partial charge on any atom is -0.462 e. The number of nitrogens with one attached hydrogen (secondary N) is 3. The van der Waals surface area contributed by atoms with E-state index in [1.54, 1.807) is 6.92 Å². The van der Waals surface area contributed by atoms with Crippen molar-refractivity contribution < 1.29 is 28.7 Å². The molecule has 10 nitrogen and oxygen atoms in total. The monoisotopic (exact) mass is 480 g/mol. The number of hydrogen-bond donors (Lipinski definition) is 3. The van der Waals surface area contributed by atoms with Crippen LogP contribution in [0.4, 0.5) is 5.00 Å². The zero-order chi connectivity index (χ0) is 23.3. The van der Waals surface area contributed by atoms with Crippen LogP contribution in [0, 0.1) is 0 Å². The molecule has 1 atom stereocenters. The minimum atomic E-state index is -1.38. The van der Waals surface area contributed by atoms with Gasteiger partial charge >= 0.3 is 5.97 Å². The molecule has 0 bridgehead atoms. The van der Waals surface area contributed by atoms with Crippen LogP contribution in [0.3, 0.4) is 0 Å². The number of thiophene rings is 1. The van der Waals surface area contributed by atoms with Gasteiger partial charge in [-0.05, 0) is 38.2 Å². The van der Waals surface area contributed by atoms with Crippen molar-refractivity contribution in [3.63, 3.8) is 0 Å². The van der Waals surface area contributed by atoms with Gasteiger partial charge in [-0.15, -0.1) is 11.3 Å². The Balaban J connectivity index is 1.68. The van der Waals surface area contributed by atoms with Crippen LogP contribution < -0.4 is 16.0 Å². The van der Waals surface area contributed by atoms with Crippen molar-refractivity contribution in [3.05, 3.63) is 16.0 Å². The summed E-state index contributed by atoms with van der Waals surface area (Å²) in [6, 6.07) is -1.38. The molecule has 4 amide bonds. The van der Waals surface area contributed by atoms with E-state index in [-0.39, 0.29) is 17.5 Å². The number of fused-ring (bicyclic) bond motifs is 1. The first-order chi connectivity index (χ1) is 15.3. The average Bonchev–Trinajstić information content (AvgIpc) is 2.89. The van der Waals surface area contributed by atoms with Crippen molar-refractivity contribution in [3.8, 4) is 0 Å². The molecule has 1 aliphatic carbocycles. The third-order valence-corrected chi connectivity index (χ3v) is 6.87. The highest BCUT2D eigenvalue weighted by Gasteiger charge is 2.33. The van der Waals surface area contributed by atoms with Crippen LogP contribution >= 0.6 is 23.1 Å². The quantitative estimate of drug-likeness (QED) is 0.317. The number of nitrogens with zero attached hydrogens (tertiary/aromatic N) is 1. The van der Waals surface area contributed by atoms with E-state index in [4.69, 9.17) is 4.74 Å². The van der Waals surface area contributed by atoms with Crippen LogP contribution in [0.15, 0.2) is 4.99 Å². The molecule has 1 aromatic rings. The summed E-state index contributed by atoms with van der Waals surface area (Å²) in [6.45, 7) is 3.15. The summed E-state index contributed by atoms with van der Waals surface area (Å²) >= 11 is 2.27. The molecule has 2 heterocycles. The van der Waals surface area contributed by atoms with E-state index in [1.807, 2.05) is 0 Å². The van der Waals surface area contributed by atoms with Gasteiger partial charge in [-0.25, -0.2) is 4.79 Å². The largest absolute Gasteiger partial charge is 0.462 e. The van der Waals surface area contributed by atoms with E-state index in [9.17, 15) is 24.0 Å². The summed E-state index contributed by atoms with van der Waals surface area (Å²) in [5, 5.41) is 7.82. The smallest absolute Gasteiger partial charge is 0.341 e. The first kappa shape index (κ1) is 23.9. The Hall–Kier alpha value is -2.73. The van der Waals surface area contributed by atoms with E-state index < -0.39 is 35.6 Å². The third kappa shape index (κ3) is 5.74. The van der Waals surface area contributed by atoms with Crippen LogP contribution in [0.1, 0.15) is 53.9 Å². The number of aryl methyl sites for hydroxylation is 1. The number of carbonyl (C=O) groups excluding carboxylic acids is 5. The van der Waals surface area contributed by atoms with Crippen LogP contribution in [0.5, 0.6) is 0 Å². The second-order valence-corrected chi connectivity index (χ2v) is 9.27. The van der Waals surface area contributed by atoms with E-state index in [0.717, 1.165) is 54.3 Å². The lowest BCUT2D eigenvalue weighted by Gasteiger charge is -2.19. The Morgan fingerprint density at radius 1 is 1.22 bits per heavy atom. The molecule has 0 aromatic carbocycles. The van der Waals surface area contributed by atoms with Gasteiger partial charge in [0.2, 0.25) is 11.8 Å². The van der Waals surface area contributed by atoms with Gasteiger partial charge in [-0.1, -0.05) is 18.2 Å². The fourth-order valence-electron chi connectivity index (χ4n) is 3.43. The first-order valence-corrected chi connectivity index (χ1v) is 12.0. The molecule has 0 radical (unpaired) electrons. The number of anilines is 1. The van der Waals surface area contributed by atoms with Crippen molar-refractivity contribution >= 4 is 62.9 Å². The molecule has 3 N–H and O–H groups in total. The van der Waals surface area contributed by atoms with Gasteiger partial charge < -0.3 is 20.7 Å². The first-order valence-electron chi connectivity index (χ1n) is 10.2. The molecule has 12 heteroatoms. The van der Waals surface area contributed by atoms with Gasteiger partial charge in [-0.2, -0.15) is 4.99 Å². The van der Waals surface area contributed by atoms with Gasteiger partial charge in [0.05, 0.1) is 17.9 Å². The minimum absolute atomic E-state index is 0.0238. The Bertz CT molecular complexity index is 987. The van der Waals surface area contributed by atoms with Gasteiger partial charge in [0.1, 0.15) is 5.00 Å². The molecule has 1 aliphatic heterocycles. The van der Waals surface area contributed by atoms with Crippen molar-refractivity contribution in [1.82, 2.24) is 10.6 Å². The molecule has 0 saturated carbocycles. The van der Waals surface area contributed by atoms with Gasteiger partial charge in [-0.3, -0.25) is 19.2 Å². The summed E-state index contributed by atoms with van der Waals surface area (Å²) in [4.78, 5) is 65.0. The van der Waals surface area contributed by atoms with Crippen molar-refractivity contribution in [2.24, 2.45) is 4.99 Å². The standard InChI is InChI=1S/C20H24N4O6S2/c1-3-30-19(29)14-11-7-5-4-6-8-12(11)32-18(14)22-13(26)9-31-20-23-16(27)15(17(28)24-20)21-10(2)25/h15H,3-9H2,1-2H3,(H,21,25)(H,22,26)(H,23,24,27,28). The molecule has 172 valence electrons. The molecule has 32 heavy (non-hydrogen) atoms. The zero-order valence-electron chi connectivity index (χ0n) is 17.7. The Labute approximate surface area is 192 Å². The topological polar surface area (TPSA) is 143 Å². The lowest BCUT2D eigenvalue weighted by atomic mass is 10.1. The second-order valence-electron chi connectivity index (χ2n) is 7.20. The normalized spacial score (nSPS) is 18.1. The lowest BCUT2D eigenvalue weighted by Crippen LogP contribution is -2.54. The number of hydrogen-bond acceptors (Lipinski definition) is 8. The van der Waals surface area contributed by atoms with E-state index in [1.165, 1.54) is 18.3 Å². The van der Waals surface area contributed by atoms with E-state index >= 15 is 0 Å². The number of rotatable bonds is 6. The lowest BCUT2D eigenvalue weighted by molar-refractivity contribution is -0.134. The SMILES string of the molecule is CCOC(=O)c1c(NC(=O)CSC2=NC(=O)C(NC(C)=O)C(=O)N2)sc2c1CCCCC2. The van der Waals surface area contributed by atoms with Crippen molar-refractivity contribution in [2.75, 3.05) is 17.7 Å². The third-order valence-electron chi connectivity index (χ3n) is 4.79. The average molecular weight is 481 g/mol. The highest BCUT2D eigenvalue weighted by Crippen LogP contribution is 2.38. The van der Waals surface area contributed by atoms with Crippen LogP contribution in [-0.4, -0.2) is 53.2 Å². The Kier molecular flexibility index (Phi) is 8.02. The summed E-state index contributed by atoms with van der Waals surface area (Å²) < 4.78 is 5.21. The molecule has 1 aromatic heterocycles. The van der Waals surface area contributed by atoms with Crippen molar-refractivity contribution in [2.45, 2.75) is 52.0 Å². The van der Waals surface area contributed by atoms with E-state index in [2.05, 4.69) is 20.9 Å². The maximum Gasteiger partial charge on any atom is 0.341 e. The number of thioether (sulfide) groups is 1. The molecular weight excluding hydrogens is 456 g/mol. The molecule has 0 saturated heterocycles. The number of amides is 4. The summed E-state index contributed by atoms with van der Waals surface area (Å²) in [7, 11) is 0. The molecule has 0 fully saturated rings. The zero-order valence-corrected chi connectivity index (χ0v) is 19.4. The van der Waals surface area contributed by atoms with Gasteiger partial charge in [0, 0.05) is 11.8 Å². The summed E-state index contributed by atoms with van der Waals surface area (Å²) in [6.07, 6.45) is 4.73. The fraction of sp³-hybridized carbons (Fsp3) is 0.500. The molecule has 0 spiro atoms. The number of amidine groups is 1.